The van der Waals surface area contributed by atoms with Crippen LogP contribution in [0.4, 0.5) is 0 Å². The van der Waals surface area contributed by atoms with E-state index >= 15 is 0 Å². The quantitative estimate of drug-likeness (QED) is 0.696. The van der Waals surface area contributed by atoms with Crippen LogP contribution in [0.15, 0.2) is 0 Å². The van der Waals surface area contributed by atoms with E-state index in [1.54, 1.807) is 0 Å². The molecule has 1 atom stereocenters. The Hall–Kier alpha value is -0.240. The summed E-state index contributed by atoms with van der Waals surface area (Å²) in [4.78, 5) is 14.3. The van der Waals surface area contributed by atoms with E-state index in [-0.39, 0.29) is 11.3 Å². The fourth-order valence-electron chi connectivity index (χ4n) is 2.70. The van der Waals surface area contributed by atoms with Crippen molar-refractivity contribution in [1.29, 1.82) is 0 Å². The lowest BCUT2D eigenvalue weighted by Gasteiger charge is -2.40. The lowest BCUT2D eigenvalue weighted by Crippen LogP contribution is -2.44. The highest BCUT2D eigenvalue weighted by molar-refractivity contribution is 6.18. The first-order chi connectivity index (χ1) is 7.53. The van der Waals surface area contributed by atoms with Crippen molar-refractivity contribution >= 4 is 17.5 Å². The van der Waals surface area contributed by atoms with Gasteiger partial charge in [0.25, 0.3) is 0 Å². The van der Waals surface area contributed by atoms with Gasteiger partial charge in [-0.1, -0.05) is 26.7 Å². The topological polar surface area (TPSA) is 20.3 Å². The van der Waals surface area contributed by atoms with E-state index in [4.69, 9.17) is 11.6 Å². The average molecular weight is 246 g/mol. The molecule has 0 N–H and O–H groups in total. The first-order valence-corrected chi connectivity index (χ1v) is 6.91. The van der Waals surface area contributed by atoms with E-state index in [0.29, 0.717) is 18.3 Å². The summed E-state index contributed by atoms with van der Waals surface area (Å²) in [6.45, 7) is 7.94. The van der Waals surface area contributed by atoms with E-state index in [1.165, 1.54) is 19.3 Å². The third-order valence-electron chi connectivity index (χ3n) is 3.85. The molecule has 94 valence electrons. The highest BCUT2D eigenvalue weighted by atomic mass is 35.5. The van der Waals surface area contributed by atoms with Gasteiger partial charge in [0.2, 0.25) is 5.91 Å². The van der Waals surface area contributed by atoms with Crippen molar-refractivity contribution in [3.05, 3.63) is 0 Å². The second-order valence-electron chi connectivity index (χ2n) is 5.39. The predicted octanol–water partition coefficient (Wildman–Crippen LogP) is 3.29. The van der Waals surface area contributed by atoms with Crippen LogP contribution in [0.25, 0.3) is 0 Å². The van der Waals surface area contributed by atoms with Gasteiger partial charge in [0.1, 0.15) is 0 Å². The van der Waals surface area contributed by atoms with Crippen molar-refractivity contribution in [3.63, 3.8) is 0 Å². The largest absolute Gasteiger partial charge is 0.342 e. The minimum atomic E-state index is 0.162. The van der Waals surface area contributed by atoms with Crippen LogP contribution in [0.3, 0.4) is 0 Å². The molecule has 1 fully saturated rings. The zero-order valence-corrected chi connectivity index (χ0v) is 11.5. The summed E-state index contributed by atoms with van der Waals surface area (Å²) in [5.74, 6) is 1.05. The molecule has 1 aliphatic rings. The number of halogens is 1. The van der Waals surface area contributed by atoms with Gasteiger partial charge in [0.15, 0.2) is 0 Å². The van der Waals surface area contributed by atoms with Crippen LogP contribution in [-0.2, 0) is 4.79 Å². The van der Waals surface area contributed by atoms with Gasteiger partial charge in [-0.2, -0.15) is 0 Å². The summed E-state index contributed by atoms with van der Waals surface area (Å²) in [7, 11) is 0. The van der Waals surface area contributed by atoms with Gasteiger partial charge in [-0.05, 0) is 25.2 Å². The van der Waals surface area contributed by atoms with E-state index in [9.17, 15) is 4.79 Å². The molecule has 0 radical (unpaired) electrons. The molecule has 0 bridgehead atoms. The summed E-state index contributed by atoms with van der Waals surface area (Å²) >= 11 is 5.74. The molecule has 1 amide bonds. The molecule has 1 unspecified atom stereocenters. The molecule has 3 heteroatoms. The zero-order chi connectivity index (χ0) is 12.2. The first-order valence-electron chi connectivity index (χ1n) is 6.37. The van der Waals surface area contributed by atoms with Crippen molar-refractivity contribution in [2.75, 3.05) is 19.0 Å². The maximum atomic E-state index is 12.4. The van der Waals surface area contributed by atoms with Crippen molar-refractivity contribution < 1.29 is 4.79 Å². The Morgan fingerprint density at radius 3 is 2.62 bits per heavy atom. The molecule has 1 saturated carbocycles. The molecule has 0 aromatic carbocycles. The normalized spacial score (nSPS) is 24.1. The maximum absolute atomic E-state index is 12.4. The van der Waals surface area contributed by atoms with Gasteiger partial charge < -0.3 is 4.90 Å². The van der Waals surface area contributed by atoms with Gasteiger partial charge in [-0.25, -0.2) is 0 Å². The Bertz CT molecular complexity index is 240. The minimum Gasteiger partial charge on any atom is -0.342 e. The molecule has 1 rings (SSSR count). The molecule has 0 spiro atoms. The Morgan fingerprint density at radius 2 is 2.12 bits per heavy atom. The van der Waals surface area contributed by atoms with Crippen LogP contribution in [0.1, 0.15) is 46.5 Å². The summed E-state index contributed by atoms with van der Waals surface area (Å²) < 4.78 is 0. The number of amides is 1. The Morgan fingerprint density at radius 1 is 1.44 bits per heavy atom. The van der Waals surface area contributed by atoms with Crippen LogP contribution < -0.4 is 0 Å². The van der Waals surface area contributed by atoms with Crippen molar-refractivity contribution in [2.24, 2.45) is 11.3 Å². The number of alkyl halides is 1. The van der Waals surface area contributed by atoms with Crippen LogP contribution in [0.5, 0.6) is 0 Å². The van der Waals surface area contributed by atoms with Crippen LogP contribution in [0, 0.1) is 11.3 Å². The fraction of sp³-hybridized carbons (Fsp3) is 0.923. The molecule has 0 aliphatic heterocycles. The number of hydrogen-bond acceptors (Lipinski definition) is 1. The van der Waals surface area contributed by atoms with Crippen molar-refractivity contribution in [2.45, 2.75) is 46.5 Å². The second-order valence-corrected chi connectivity index (χ2v) is 5.77. The fourth-order valence-corrected chi connectivity index (χ4v) is 2.90. The highest BCUT2D eigenvalue weighted by Gasteiger charge is 2.38. The molecular weight excluding hydrogens is 222 g/mol. The molecular formula is C13H24ClNO. The average Bonchev–Trinajstić information content (AvgIpc) is 2.24. The van der Waals surface area contributed by atoms with Gasteiger partial charge in [0.05, 0.1) is 0 Å². The summed E-state index contributed by atoms with van der Waals surface area (Å²) in [6.07, 6.45) is 4.67. The SMILES string of the molecule is CCN(CCCl)C(=O)C1CCCCC1(C)C. The molecule has 0 aromatic rings. The molecule has 1 aliphatic carbocycles. The lowest BCUT2D eigenvalue weighted by molar-refractivity contribution is -0.140. The molecule has 0 heterocycles. The summed E-state index contributed by atoms with van der Waals surface area (Å²) in [5, 5.41) is 0. The van der Waals surface area contributed by atoms with E-state index < -0.39 is 0 Å². The number of rotatable bonds is 4. The van der Waals surface area contributed by atoms with Crippen molar-refractivity contribution in [1.82, 2.24) is 4.90 Å². The van der Waals surface area contributed by atoms with Gasteiger partial charge in [-0.15, -0.1) is 11.6 Å². The van der Waals surface area contributed by atoms with E-state index in [2.05, 4.69) is 13.8 Å². The zero-order valence-electron chi connectivity index (χ0n) is 10.8. The van der Waals surface area contributed by atoms with Crippen molar-refractivity contribution in [3.8, 4) is 0 Å². The first kappa shape index (κ1) is 13.8. The van der Waals surface area contributed by atoms with Crippen LogP contribution >= 0.6 is 11.6 Å². The number of carbonyl (C=O) groups is 1. The Labute approximate surface area is 104 Å². The lowest BCUT2D eigenvalue weighted by atomic mass is 9.68. The second kappa shape index (κ2) is 5.90. The standard InChI is InChI=1S/C13H24ClNO/c1-4-15(10-9-14)12(16)11-7-5-6-8-13(11,2)3/h11H,4-10H2,1-3H3. The molecule has 16 heavy (non-hydrogen) atoms. The minimum absolute atomic E-state index is 0.162. The van der Waals surface area contributed by atoms with E-state index in [0.717, 1.165) is 13.0 Å². The summed E-state index contributed by atoms with van der Waals surface area (Å²) in [5.41, 5.74) is 0.162. The van der Waals surface area contributed by atoms with Crippen LogP contribution in [-0.4, -0.2) is 29.8 Å². The number of carbonyl (C=O) groups excluding carboxylic acids is 1. The van der Waals surface area contributed by atoms with Crippen LogP contribution in [0.2, 0.25) is 0 Å². The van der Waals surface area contributed by atoms with Gasteiger partial charge >= 0.3 is 0 Å². The summed E-state index contributed by atoms with van der Waals surface area (Å²) in [6, 6.07) is 0. The third kappa shape index (κ3) is 3.13. The molecule has 0 aromatic heterocycles. The Balaban J connectivity index is 2.70. The number of nitrogens with zero attached hydrogens (tertiary/aromatic N) is 1. The maximum Gasteiger partial charge on any atom is 0.226 e. The predicted molar refractivity (Wildman–Crippen MR) is 68.7 cm³/mol. The van der Waals surface area contributed by atoms with Gasteiger partial charge in [0, 0.05) is 24.9 Å². The molecule has 2 nitrogen and oxygen atoms in total. The smallest absolute Gasteiger partial charge is 0.226 e. The highest BCUT2D eigenvalue weighted by Crippen LogP contribution is 2.41. The monoisotopic (exact) mass is 245 g/mol. The molecule has 0 saturated heterocycles. The third-order valence-corrected chi connectivity index (χ3v) is 4.02. The van der Waals surface area contributed by atoms with Gasteiger partial charge in [-0.3, -0.25) is 4.79 Å². The Kier molecular flexibility index (Phi) is 5.10. The number of hydrogen-bond donors (Lipinski definition) is 0. The van der Waals surface area contributed by atoms with E-state index in [1.807, 2.05) is 11.8 Å².